The number of phenols is 1. The van der Waals surface area contributed by atoms with Crippen LogP contribution < -0.4 is 29.6 Å². The summed E-state index contributed by atoms with van der Waals surface area (Å²) in [4.78, 5) is 0. The molecule has 0 unspecified atom stereocenters. The monoisotopic (exact) mass is 157 g/mol. The molecule has 1 N–H and O–H groups in total. The Balaban J connectivity index is 0.000001000. The van der Waals surface area contributed by atoms with Crippen LogP contribution in [0.5, 0.6) is 5.75 Å². The number of benzene rings is 1. The Morgan fingerprint density at radius 3 is 2.55 bits per heavy atom. The number of hydrogen-bond acceptors (Lipinski definition) is 1. The van der Waals surface area contributed by atoms with Crippen molar-refractivity contribution < 1.29 is 34.7 Å². The first kappa shape index (κ1) is 10.8. The van der Waals surface area contributed by atoms with Crippen LogP contribution in [-0.4, -0.2) is 5.11 Å². The molecule has 0 aromatic heterocycles. The molecule has 1 aromatic rings. The summed E-state index contributed by atoms with van der Waals surface area (Å²) in [6.07, 6.45) is 2.50. The van der Waals surface area contributed by atoms with Crippen LogP contribution in [-0.2, 0) is 6.42 Å². The molecule has 0 bridgehead atoms. The van der Waals surface area contributed by atoms with Gasteiger partial charge in [-0.1, -0.05) is 24.3 Å². The molecule has 0 aliphatic rings. The van der Waals surface area contributed by atoms with E-state index in [1.807, 2.05) is 18.2 Å². The van der Waals surface area contributed by atoms with Gasteiger partial charge in [-0.25, -0.2) is 0 Å². The summed E-state index contributed by atoms with van der Waals surface area (Å²) in [5.41, 5.74) is 0.928. The van der Waals surface area contributed by atoms with Gasteiger partial charge in [0.1, 0.15) is 5.75 Å². The fraction of sp³-hybridized carbons (Fsp3) is 0.111. The van der Waals surface area contributed by atoms with E-state index in [4.69, 9.17) is 0 Å². The van der Waals surface area contributed by atoms with Crippen LogP contribution in [0, 0.1) is 0 Å². The third kappa shape index (κ3) is 3.10. The molecule has 0 saturated heterocycles. The minimum Gasteiger partial charge on any atom is -0.508 e. The Morgan fingerprint density at radius 1 is 1.36 bits per heavy atom. The van der Waals surface area contributed by atoms with E-state index in [9.17, 15) is 5.11 Å². The van der Waals surface area contributed by atoms with Gasteiger partial charge in [-0.15, -0.1) is 6.58 Å². The molecule has 1 rings (SSSR count). The summed E-state index contributed by atoms with van der Waals surface area (Å²) in [6, 6.07) is 7.27. The molecule has 52 valence electrons. The second-order valence-corrected chi connectivity index (χ2v) is 2.12. The van der Waals surface area contributed by atoms with Crippen LogP contribution in [0.15, 0.2) is 36.9 Å². The first-order chi connectivity index (χ1) is 4.84. The summed E-state index contributed by atoms with van der Waals surface area (Å²) >= 11 is 0. The van der Waals surface area contributed by atoms with Crippen LogP contribution in [0.3, 0.4) is 0 Å². The van der Waals surface area contributed by atoms with Crippen molar-refractivity contribution in [2.45, 2.75) is 6.42 Å². The minimum absolute atomic E-state index is 0. The molecule has 0 radical (unpaired) electrons. The maximum absolute atomic E-state index is 9.19. The number of allylic oxidation sites excluding steroid dienone is 1. The number of hydrogen-bond donors (Lipinski definition) is 1. The standard InChI is InChI=1S/C9H10O.Na/c1-2-5-8-6-3-4-7-9(8)10;/h2-4,6-7,10H,1,5H2;/q;+1. The maximum Gasteiger partial charge on any atom is 1.00 e. The fourth-order valence-electron chi connectivity index (χ4n) is 0.839. The number of para-hydroxylation sites is 1. The third-order valence-electron chi connectivity index (χ3n) is 1.36. The van der Waals surface area contributed by atoms with Crippen molar-refractivity contribution in [3.63, 3.8) is 0 Å². The average Bonchev–Trinajstić information content (AvgIpc) is 1.94. The quantitative estimate of drug-likeness (QED) is 0.437. The fourth-order valence-corrected chi connectivity index (χ4v) is 0.839. The molecule has 0 atom stereocenters. The van der Waals surface area contributed by atoms with Crippen molar-refractivity contribution in [3.05, 3.63) is 42.5 Å². The normalized spacial score (nSPS) is 8.36. The van der Waals surface area contributed by atoms with Crippen molar-refractivity contribution in [2.75, 3.05) is 0 Å². The van der Waals surface area contributed by atoms with Gasteiger partial charge in [0.2, 0.25) is 0 Å². The van der Waals surface area contributed by atoms with Crippen LogP contribution in [0.25, 0.3) is 0 Å². The van der Waals surface area contributed by atoms with Crippen molar-refractivity contribution >= 4 is 0 Å². The predicted molar refractivity (Wildman–Crippen MR) is 42.0 cm³/mol. The van der Waals surface area contributed by atoms with Gasteiger partial charge in [-0.3, -0.25) is 0 Å². The molecule has 0 aliphatic carbocycles. The molecule has 0 fully saturated rings. The maximum atomic E-state index is 9.19. The third-order valence-corrected chi connectivity index (χ3v) is 1.36. The van der Waals surface area contributed by atoms with E-state index in [1.54, 1.807) is 12.1 Å². The van der Waals surface area contributed by atoms with Gasteiger partial charge in [0, 0.05) is 0 Å². The molecule has 0 heterocycles. The molecule has 0 saturated carbocycles. The number of phenolic OH excluding ortho intramolecular Hbond substituents is 1. The topological polar surface area (TPSA) is 20.2 Å². The summed E-state index contributed by atoms with van der Waals surface area (Å²) < 4.78 is 0. The van der Waals surface area contributed by atoms with E-state index in [0.29, 0.717) is 5.75 Å². The molecular weight excluding hydrogens is 147 g/mol. The summed E-state index contributed by atoms with van der Waals surface area (Å²) in [5.74, 6) is 0.349. The van der Waals surface area contributed by atoms with Crippen molar-refractivity contribution in [1.29, 1.82) is 0 Å². The number of aromatic hydroxyl groups is 1. The summed E-state index contributed by atoms with van der Waals surface area (Å²) in [5, 5.41) is 9.19. The van der Waals surface area contributed by atoms with E-state index >= 15 is 0 Å². The van der Waals surface area contributed by atoms with Crippen LogP contribution >= 0.6 is 0 Å². The van der Waals surface area contributed by atoms with Gasteiger partial charge >= 0.3 is 29.6 Å². The van der Waals surface area contributed by atoms with E-state index < -0.39 is 0 Å². The van der Waals surface area contributed by atoms with E-state index in [2.05, 4.69) is 6.58 Å². The Bertz CT molecular complexity index is 233. The molecule has 0 amide bonds. The molecule has 0 spiro atoms. The van der Waals surface area contributed by atoms with Crippen LogP contribution in [0.4, 0.5) is 0 Å². The van der Waals surface area contributed by atoms with Crippen molar-refractivity contribution in [1.82, 2.24) is 0 Å². The van der Waals surface area contributed by atoms with E-state index in [0.717, 1.165) is 12.0 Å². The molecule has 0 aliphatic heterocycles. The molecule has 1 nitrogen and oxygen atoms in total. The van der Waals surface area contributed by atoms with Gasteiger partial charge in [0.25, 0.3) is 0 Å². The largest absolute Gasteiger partial charge is 1.00 e. The predicted octanol–water partition coefficient (Wildman–Crippen LogP) is -0.875. The van der Waals surface area contributed by atoms with Gasteiger partial charge in [-0.2, -0.15) is 0 Å². The smallest absolute Gasteiger partial charge is 0.508 e. The second-order valence-electron chi connectivity index (χ2n) is 2.12. The SMILES string of the molecule is C=CCc1ccccc1O.[Na+]. The van der Waals surface area contributed by atoms with Gasteiger partial charge in [-0.05, 0) is 18.1 Å². The Kier molecular flexibility index (Phi) is 5.30. The number of rotatable bonds is 2. The summed E-state index contributed by atoms with van der Waals surface area (Å²) in [7, 11) is 0. The second kappa shape index (κ2) is 5.42. The Morgan fingerprint density at radius 2 is 2.00 bits per heavy atom. The zero-order valence-corrected chi connectivity index (χ0v) is 8.75. The first-order valence-corrected chi connectivity index (χ1v) is 3.22. The summed E-state index contributed by atoms with van der Waals surface area (Å²) in [6.45, 7) is 3.59. The molecule has 11 heavy (non-hydrogen) atoms. The average molecular weight is 157 g/mol. The van der Waals surface area contributed by atoms with Crippen molar-refractivity contribution in [3.8, 4) is 5.75 Å². The van der Waals surface area contributed by atoms with Gasteiger partial charge in [0.05, 0.1) is 0 Å². The molecule has 2 heteroatoms. The van der Waals surface area contributed by atoms with E-state index in [-0.39, 0.29) is 29.6 Å². The molecule has 1 aromatic carbocycles. The van der Waals surface area contributed by atoms with Gasteiger partial charge < -0.3 is 5.11 Å². The van der Waals surface area contributed by atoms with Crippen LogP contribution in [0.1, 0.15) is 5.56 Å². The van der Waals surface area contributed by atoms with Gasteiger partial charge in [0.15, 0.2) is 0 Å². The van der Waals surface area contributed by atoms with Crippen molar-refractivity contribution in [2.24, 2.45) is 0 Å². The zero-order valence-electron chi connectivity index (χ0n) is 6.75. The zero-order chi connectivity index (χ0) is 7.40. The minimum atomic E-state index is 0. The Labute approximate surface area is 89.0 Å². The molecular formula is C9H10NaO+. The van der Waals surface area contributed by atoms with E-state index in [1.165, 1.54) is 0 Å². The first-order valence-electron chi connectivity index (χ1n) is 3.22. The Hall–Kier alpha value is -0.240. The van der Waals surface area contributed by atoms with Crippen LogP contribution in [0.2, 0.25) is 0 Å².